The lowest BCUT2D eigenvalue weighted by atomic mass is 10.0. The lowest BCUT2D eigenvalue weighted by molar-refractivity contribution is -0.124. The fourth-order valence-electron chi connectivity index (χ4n) is 1.73. The smallest absolute Gasteiger partial charge is 0.132 e. The molecule has 0 unspecified atom stereocenters. The van der Waals surface area contributed by atoms with Gasteiger partial charge in [-0.25, -0.2) is 0 Å². The quantitative estimate of drug-likeness (QED) is 0.611. The van der Waals surface area contributed by atoms with Gasteiger partial charge in [-0.1, -0.05) is 0 Å². The molecule has 1 N–H and O–H groups in total. The van der Waals surface area contributed by atoms with Crippen molar-refractivity contribution in [3.05, 3.63) is 0 Å². The van der Waals surface area contributed by atoms with Crippen LogP contribution in [0.4, 0.5) is 0 Å². The molecule has 0 aromatic heterocycles. The molecule has 0 radical (unpaired) electrons. The Kier molecular flexibility index (Phi) is 7.67. The van der Waals surface area contributed by atoms with E-state index in [2.05, 4.69) is 19.2 Å². The second-order valence-electron chi connectivity index (χ2n) is 5.95. The predicted molar refractivity (Wildman–Crippen MR) is 73.9 cm³/mol. The van der Waals surface area contributed by atoms with Crippen LogP contribution < -0.4 is 5.32 Å². The summed E-state index contributed by atoms with van der Waals surface area (Å²) in [6.45, 7) is 11.8. The molecule has 108 valence electrons. The van der Waals surface area contributed by atoms with Gasteiger partial charge in [-0.3, -0.25) is 4.79 Å². The minimum Gasteiger partial charge on any atom is -0.375 e. The molecule has 18 heavy (non-hydrogen) atoms. The van der Waals surface area contributed by atoms with Gasteiger partial charge in [0.05, 0.1) is 24.4 Å². The summed E-state index contributed by atoms with van der Waals surface area (Å²) in [6, 6.07) is 0. The molecule has 0 aliphatic carbocycles. The Balaban J connectivity index is 3.90. The van der Waals surface area contributed by atoms with Gasteiger partial charge in [0.25, 0.3) is 0 Å². The van der Waals surface area contributed by atoms with Crippen LogP contribution in [0.5, 0.6) is 0 Å². The van der Waals surface area contributed by atoms with Crippen molar-refractivity contribution in [2.45, 2.75) is 58.7 Å². The van der Waals surface area contributed by atoms with E-state index < -0.39 is 0 Å². The molecular weight excluding hydrogens is 230 g/mol. The third-order valence-electron chi connectivity index (χ3n) is 2.72. The van der Waals surface area contributed by atoms with Gasteiger partial charge in [-0.15, -0.1) is 0 Å². The summed E-state index contributed by atoms with van der Waals surface area (Å²) in [5.74, 6) is 0.157. The van der Waals surface area contributed by atoms with Crippen molar-refractivity contribution in [2.24, 2.45) is 0 Å². The number of nitrogens with one attached hydrogen (secondary N) is 1. The van der Waals surface area contributed by atoms with Gasteiger partial charge in [0.15, 0.2) is 0 Å². The monoisotopic (exact) mass is 259 g/mol. The minimum atomic E-state index is -0.382. The Morgan fingerprint density at radius 1 is 1.06 bits per heavy atom. The average Bonchev–Trinajstić information content (AvgIpc) is 2.14. The van der Waals surface area contributed by atoms with Gasteiger partial charge in [-0.2, -0.15) is 0 Å². The lowest BCUT2D eigenvalue weighted by Gasteiger charge is -2.29. The fourth-order valence-corrected chi connectivity index (χ4v) is 1.73. The molecule has 0 spiro atoms. The van der Waals surface area contributed by atoms with Crippen LogP contribution in [-0.4, -0.2) is 43.8 Å². The number of rotatable bonds is 10. The highest BCUT2D eigenvalue weighted by atomic mass is 16.5. The van der Waals surface area contributed by atoms with Crippen molar-refractivity contribution >= 4 is 5.78 Å². The summed E-state index contributed by atoms with van der Waals surface area (Å²) in [6.07, 6.45) is 1.27. The van der Waals surface area contributed by atoms with E-state index in [9.17, 15) is 4.79 Å². The number of carbonyl (C=O) groups is 1. The van der Waals surface area contributed by atoms with Crippen LogP contribution in [0.25, 0.3) is 0 Å². The van der Waals surface area contributed by atoms with Crippen LogP contribution in [0.2, 0.25) is 0 Å². The first-order valence-corrected chi connectivity index (χ1v) is 6.60. The Hall–Kier alpha value is -0.450. The third-order valence-corrected chi connectivity index (χ3v) is 2.72. The topological polar surface area (TPSA) is 47.6 Å². The van der Waals surface area contributed by atoms with Crippen LogP contribution in [0.3, 0.4) is 0 Å². The first kappa shape index (κ1) is 17.6. The Labute approximate surface area is 111 Å². The zero-order valence-electron chi connectivity index (χ0n) is 12.8. The van der Waals surface area contributed by atoms with Gasteiger partial charge in [-0.05, 0) is 48.1 Å². The molecule has 4 heteroatoms. The number of hydrogen-bond acceptors (Lipinski definition) is 4. The molecule has 0 heterocycles. The van der Waals surface area contributed by atoms with Crippen molar-refractivity contribution in [3.8, 4) is 0 Å². The number of Topliss-reactive ketones (excluding diaryl/α,β-unsaturated/α-hetero) is 1. The van der Waals surface area contributed by atoms with E-state index in [0.29, 0.717) is 19.6 Å². The summed E-state index contributed by atoms with van der Waals surface area (Å²) in [4.78, 5) is 11.1. The zero-order chi connectivity index (χ0) is 14.2. The van der Waals surface area contributed by atoms with Gasteiger partial charge in [0, 0.05) is 13.0 Å². The largest absolute Gasteiger partial charge is 0.375 e. The average molecular weight is 259 g/mol. The van der Waals surface area contributed by atoms with E-state index in [0.717, 1.165) is 13.0 Å². The Morgan fingerprint density at radius 2 is 1.61 bits per heavy atom. The normalized spacial score (nSPS) is 12.8. The molecular formula is C14H29NO3. The van der Waals surface area contributed by atoms with Crippen LogP contribution >= 0.6 is 0 Å². The molecule has 0 saturated carbocycles. The number of ether oxygens (including phenoxy) is 2. The van der Waals surface area contributed by atoms with Crippen molar-refractivity contribution < 1.29 is 14.3 Å². The number of likely N-dealkylation sites (N-methyl/N-ethyl adjacent to an activating group) is 1. The first-order valence-electron chi connectivity index (χ1n) is 6.60. The van der Waals surface area contributed by atoms with Crippen molar-refractivity contribution in [1.82, 2.24) is 5.32 Å². The Bertz CT molecular complexity index is 249. The molecule has 0 fully saturated rings. The summed E-state index contributed by atoms with van der Waals surface area (Å²) < 4.78 is 11.5. The summed E-state index contributed by atoms with van der Waals surface area (Å²) in [5.41, 5.74) is -0.573. The zero-order valence-corrected chi connectivity index (χ0v) is 12.8. The lowest BCUT2D eigenvalue weighted by Crippen LogP contribution is -2.33. The van der Waals surface area contributed by atoms with E-state index in [1.807, 2.05) is 20.9 Å². The van der Waals surface area contributed by atoms with Gasteiger partial charge >= 0.3 is 0 Å². The molecule has 0 bridgehead atoms. The van der Waals surface area contributed by atoms with Crippen molar-refractivity contribution in [2.75, 3.05) is 26.8 Å². The second-order valence-corrected chi connectivity index (χ2v) is 5.95. The molecule has 4 nitrogen and oxygen atoms in total. The highest BCUT2D eigenvalue weighted by Gasteiger charge is 2.23. The maximum atomic E-state index is 11.1. The molecule has 0 aromatic rings. The Morgan fingerprint density at radius 3 is 2.11 bits per heavy atom. The van der Waals surface area contributed by atoms with Crippen molar-refractivity contribution in [1.29, 1.82) is 0 Å². The predicted octanol–water partition coefficient (Wildman–Crippen LogP) is 2.17. The summed E-state index contributed by atoms with van der Waals surface area (Å²) in [5, 5.41) is 3.05. The summed E-state index contributed by atoms with van der Waals surface area (Å²) >= 11 is 0. The van der Waals surface area contributed by atoms with Gasteiger partial charge < -0.3 is 14.8 Å². The highest BCUT2D eigenvalue weighted by Crippen LogP contribution is 2.19. The molecule has 0 aliphatic heterocycles. The second kappa shape index (κ2) is 7.87. The van der Waals surface area contributed by atoms with Gasteiger partial charge in [0.2, 0.25) is 0 Å². The fraction of sp³-hybridized carbons (Fsp3) is 0.929. The first-order chi connectivity index (χ1) is 8.18. The minimum absolute atomic E-state index is 0.157. The highest BCUT2D eigenvalue weighted by molar-refractivity contribution is 5.76. The van der Waals surface area contributed by atoms with E-state index in [4.69, 9.17) is 9.47 Å². The molecule has 0 saturated heterocycles. The van der Waals surface area contributed by atoms with Crippen LogP contribution in [-0.2, 0) is 14.3 Å². The van der Waals surface area contributed by atoms with Crippen LogP contribution in [0, 0.1) is 0 Å². The number of hydrogen-bond donors (Lipinski definition) is 1. The van der Waals surface area contributed by atoms with E-state index >= 15 is 0 Å². The summed E-state index contributed by atoms with van der Waals surface area (Å²) in [7, 11) is 1.91. The number of ketones is 1. The van der Waals surface area contributed by atoms with Gasteiger partial charge in [0.1, 0.15) is 5.78 Å². The SMILES string of the molecule is CNCCOC(C)(C)CCOC(C)(C)CC(C)=O. The molecule has 0 aliphatic rings. The van der Waals surface area contributed by atoms with Crippen LogP contribution in [0.15, 0.2) is 0 Å². The third kappa shape index (κ3) is 9.57. The van der Waals surface area contributed by atoms with Crippen LogP contribution in [0.1, 0.15) is 47.5 Å². The standard InChI is InChI=1S/C14H29NO3/c1-12(16)11-14(4,5)17-9-7-13(2,3)18-10-8-15-6/h15H,7-11H2,1-6H3. The molecule has 0 amide bonds. The van der Waals surface area contributed by atoms with E-state index in [1.54, 1.807) is 6.92 Å². The maximum absolute atomic E-state index is 11.1. The van der Waals surface area contributed by atoms with Crippen molar-refractivity contribution in [3.63, 3.8) is 0 Å². The molecule has 0 aromatic carbocycles. The van der Waals surface area contributed by atoms with E-state index in [1.165, 1.54) is 0 Å². The number of carbonyl (C=O) groups excluding carboxylic acids is 1. The molecule has 0 rings (SSSR count). The van der Waals surface area contributed by atoms with E-state index in [-0.39, 0.29) is 17.0 Å². The molecule has 0 atom stereocenters. The maximum Gasteiger partial charge on any atom is 0.132 e.